The monoisotopic (exact) mass is 410 g/mol. The summed E-state index contributed by atoms with van der Waals surface area (Å²) in [6.07, 6.45) is 6.15. The number of carbonyl (C=O) groups is 2. The Bertz CT molecular complexity index is 923. The average molecular weight is 411 g/mol. The van der Waals surface area contributed by atoms with Crippen LogP contribution in [0.1, 0.15) is 83.7 Å². The van der Waals surface area contributed by atoms with Gasteiger partial charge in [0.15, 0.2) is 11.5 Å². The molecule has 0 bridgehead atoms. The van der Waals surface area contributed by atoms with Gasteiger partial charge in [0.05, 0.1) is 23.9 Å². The zero-order valence-electron chi connectivity index (χ0n) is 17.7. The highest BCUT2D eigenvalue weighted by atomic mass is 16.5. The first-order valence-electron chi connectivity index (χ1n) is 10.9. The van der Waals surface area contributed by atoms with Crippen molar-refractivity contribution in [3.8, 4) is 0 Å². The molecule has 4 rings (SSSR count). The summed E-state index contributed by atoms with van der Waals surface area (Å²) < 4.78 is 5.51. The number of amides is 1. The number of Topliss-reactive ketones (excluding diaryl/α,β-unsaturated/α-hetero) is 1. The molecule has 2 aromatic rings. The van der Waals surface area contributed by atoms with Gasteiger partial charge in [-0.2, -0.15) is 0 Å². The van der Waals surface area contributed by atoms with Crippen molar-refractivity contribution in [1.29, 1.82) is 0 Å². The maximum absolute atomic E-state index is 12.6. The molecule has 1 saturated carbocycles. The Hall–Kier alpha value is -2.47. The van der Waals surface area contributed by atoms with Crippen molar-refractivity contribution in [2.75, 3.05) is 6.61 Å². The number of benzene rings is 1. The van der Waals surface area contributed by atoms with Gasteiger partial charge in [0, 0.05) is 18.4 Å². The lowest BCUT2D eigenvalue weighted by molar-refractivity contribution is 0.0887. The van der Waals surface area contributed by atoms with Gasteiger partial charge in [-0.1, -0.05) is 44.0 Å². The fourth-order valence-corrected chi connectivity index (χ4v) is 4.84. The Kier molecular flexibility index (Phi) is 5.78. The lowest BCUT2D eigenvalue weighted by Crippen LogP contribution is -2.42. The summed E-state index contributed by atoms with van der Waals surface area (Å²) in [5.41, 5.74) is 2.82. The fourth-order valence-electron chi connectivity index (χ4n) is 4.84. The molecule has 1 heterocycles. The van der Waals surface area contributed by atoms with E-state index in [0.717, 1.165) is 43.4 Å². The maximum atomic E-state index is 12.6. The minimum Gasteiger partial charge on any atom is -0.394 e. The van der Waals surface area contributed by atoms with E-state index < -0.39 is 0 Å². The zero-order valence-corrected chi connectivity index (χ0v) is 17.7. The number of aromatic nitrogens is 1. The molecule has 1 unspecified atom stereocenters. The Balaban J connectivity index is 1.43. The minimum atomic E-state index is -0.185. The van der Waals surface area contributed by atoms with Gasteiger partial charge >= 0.3 is 0 Å². The Labute approximate surface area is 177 Å². The second-order valence-electron chi connectivity index (χ2n) is 9.55. The molecule has 0 radical (unpaired) electrons. The first-order valence-corrected chi connectivity index (χ1v) is 10.9. The van der Waals surface area contributed by atoms with Crippen LogP contribution in [0.25, 0.3) is 0 Å². The molecule has 2 N–H and O–H groups in total. The summed E-state index contributed by atoms with van der Waals surface area (Å²) in [5, 5.41) is 16.8. The van der Waals surface area contributed by atoms with Gasteiger partial charge in [-0.3, -0.25) is 9.59 Å². The molecule has 2 aliphatic rings. The molecule has 0 spiro atoms. The van der Waals surface area contributed by atoms with Crippen molar-refractivity contribution in [3.63, 3.8) is 0 Å². The fraction of sp³-hybridized carbons (Fsp3) is 0.542. The highest BCUT2D eigenvalue weighted by Gasteiger charge is 2.36. The molecular formula is C24H30N2O4. The SMILES string of the molecule is CC1(C)CC(=O)c2c(noc2Cc2ccc(C(=O)NC(CO)C3CCCC3)cc2)C1. The van der Waals surface area contributed by atoms with E-state index in [4.69, 9.17) is 4.52 Å². The van der Waals surface area contributed by atoms with E-state index in [0.29, 0.717) is 35.6 Å². The van der Waals surface area contributed by atoms with Gasteiger partial charge in [-0.15, -0.1) is 0 Å². The summed E-state index contributed by atoms with van der Waals surface area (Å²) in [4.78, 5) is 25.2. The van der Waals surface area contributed by atoms with Gasteiger partial charge in [0.1, 0.15) is 0 Å². The van der Waals surface area contributed by atoms with E-state index in [9.17, 15) is 14.7 Å². The van der Waals surface area contributed by atoms with Crippen LogP contribution in [0.4, 0.5) is 0 Å². The van der Waals surface area contributed by atoms with E-state index >= 15 is 0 Å². The molecule has 1 fully saturated rings. The van der Waals surface area contributed by atoms with Crippen molar-refractivity contribution in [3.05, 3.63) is 52.4 Å². The molecule has 6 heteroatoms. The molecule has 1 aromatic carbocycles. The van der Waals surface area contributed by atoms with E-state index in [2.05, 4.69) is 24.3 Å². The van der Waals surface area contributed by atoms with Crippen molar-refractivity contribution < 1.29 is 19.2 Å². The minimum absolute atomic E-state index is 0.0318. The molecule has 30 heavy (non-hydrogen) atoms. The summed E-state index contributed by atoms with van der Waals surface area (Å²) in [6.45, 7) is 4.11. The summed E-state index contributed by atoms with van der Waals surface area (Å²) in [5.74, 6) is 0.889. The average Bonchev–Trinajstić information content (AvgIpc) is 3.36. The number of carbonyl (C=O) groups excluding carboxylic acids is 2. The molecule has 1 aromatic heterocycles. The summed E-state index contributed by atoms with van der Waals surface area (Å²) >= 11 is 0. The van der Waals surface area contributed by atoms with Crippen LogP contribution in [0.5, 0.6) is 0 Å². The third kappa shape index (κ3) is 4.33. The number of rotatable bonds is 6. The predicted molar refractivity (Wildman–Crippen MR) is 112 cm³/mol. The largest absolute Gasteiger partial charge is 0.394 e. The quantitative estimate of drug-likeness (QED) is 0.757. The molecule has 6 nitrogen and oxygen atoms in total. The van der Waals surface area contributed by atoms with Crippen LogP contribution in [0, 0.1) is 11.3 Å². The molecule has 0 aliphatic heterocycles. The van der Waals surface area contributed by atoms with Crippen LogP contribution < -0.4 is 5.32 Å². The third-order valence-electron chi connectivity index (χ3n) is 6.46. The zero-order chi connectivity index (χ0) is 21.3. The lowest BCUT2D eigenvalue weighted by atomic mass is 9.75. The predicted octanol–water partition coefficient (Wildman–Crippen LogP) is 3.70. The Morgan fingerprint density at radius 3 is 2.60 bits per heavy atom. The number of nitrogens with one attached hydrogen (secondary N) is 1. The van der Waals surface area contributed by atoms with Crippen molar-refractivity contribution in [2.45, 2.75) is 64.8 Å². The number of aliphatic hydroxyl groups is 1. The molecule has 2 aliphatic carbocycles. The van der Waals surface area contributed by atoms with Crippen LogP contribution in [0.2, 0.25) is 0 Å². The summed E-state index contributed by atoms with van der Waals surface area (Å²) in [6, 6.07) is 7.13. The van der Waals surface area contributed by atoms with Crippen molar-refractivity contribution in [1.82, 2.24) is 10.5 Å². The normalized spacial score (nSPS) is 19.5. The lowest BCUT2D eigenvalue weighted by Gasteiger charge is -2.26. The second-order valence-corrected chi connectivity index (χ2v) is 9.55. The Morgan fingerprint density at radius 2 is 1.93 bits per heavy atom. The van der Waals surface area contributed by atoms with Gasteiger partial charge < -0.3 is 14.9 Å². The van der Waals surface area contributed by atoms with Gasteiger partial charge in [-0.25, -0.2) is 0 Å². The molecular weight excluding hydrogens is 380 g/mol. The first kappa shape index (κ1) is 20.8. The number of ketones is 1. The smallest absolute Gasteiger partial charge is 0.251 e. The van der Waals surface area contributed by atoms with Gasteiger partial charge in [0.25, 0.3) is 5.91 Å². The second kappa shape index (κ2) is 8.34. The van der Waals surface area contributed by atoms with E-state index in [1.807, 2.05) is 12.1 Å². The number of hydrogen-bond donors (Lipinski definition) is 2. The highest BCUT2D eigenvalue weighted by Crippen LogP contribution is 2.36. The number of hydrogen-bond acceptors (Lipinski definition) is 5. The van der Waals surface area contributed by atoms with E-state index in [1.54, 1.807) is 12.1 Å². The number of aliphatic hydroxyl groups excluding tert-OH is 1. The number of nitrogens with zero attached hydrogens (tertiary/aromatic N) is 1. The summed E-state index contributed by atoms with van der Waals surface area (Å²) in [7, 11) is 0. The molecule has 1 amide bonds. The van der Waals surface area contributed by atoms with Crippen LogP contribution >= 0.6 is 0 Å². The van der Waals surface area contributed by atoms with Crippen LogP contribution in [-0.2, 0) is 12.8 Å². The van der Waals surface area contributed by atoms with Crippen molar-refractivity contribution >= 4 is 11.7 Å². The van der Waals surface area contributed by atoms with E-state index in [-0.39, 0.29) is 29.8 Å². The van der Waals surface area contributed by atoms with Crippen LogP contribution in [0.15, 0.2) is 28.8 Å². The third-order valence-corrected chi connectivity index (χ3v) is 6.46. The Morgan fingerprint density at radius 1 is 1.23 bits per heavy atom. The van der Waals surface area contributed by atoms with Crippen LogP contribution in [0.3, 0.4) is 0 Å². The van der Waals surface area contributed by atoms with E-state index in [1.165, 1.54) is 0 Å². The standard InChI is InChI=1S/C24H30N2O4/c1-24(2)12-18-22(20(28)13-24)21(30-26-18)11-15-7-9-17(10-8-15)23(29)25-19(14-27)16-5-3-4-6-16/h7-10,16,19,27H,3-6,11-14H2,1-2H3,(H,25,29). The molecule has 160 valence electrons. The maximum Gasteiger partial charge on any atom is 0.251 e. The highest BCUT2D eigenvalue weighted by molar-refractivity contribution is 5.99. The van der Waals surface area contributed by atoms with Gasteiger partial charge in [0.2, 0.25) is 0 Å². The van der Waals surface area contributed by atoms with Gasteiger partial charge in [-0.05, 0) is 48.3 Å². The van der Waals surface area contributed by atoms with Crippen LogP contribution in [-0.4, -0.2) is 34.6 Å². The van der Waals surface area contributed by atoms with Crippen molar-refractivity contribution in [2.24, 2.45) is 11.3 Å². The first-order chi connectivity index (χ1) is 14.4. The number of fused-ring (bicyclic) bond motifs is 1. The topological polar surface area (TPSA) is 92.4 Å². The molecule has 1 atom stereocenters. The molecule has 0 saturated heterocycles.